The number of ether oxygens (including phenoxy) is 1. The molecule has 0 aliphatic carbocycles. The SMILES string of the molecule is COCCN(Cc1ccccc1C)C(=O)Cn1cccc(C(F)(F)F)c1=O. The maximum atomic E-state index is 12.9. The van der Waals surface area contributed by atoms with Crippen LogP contribution in [0.25, 0.3) is 0 Å². The molecule has 0 saturated heterocycles. The molecular formula is C19H21F3N2O3. The number of halogens is 3. The molecular weight excluding hydrogens is 361 g/mol. The van der Waals surface area contributed by atoms with Gasteiger partial charge in [0.2, 0.25) is 5.91 Å². The van der Waals surface area contributed by atoms with Crippen molar-refractivity contribution in [2.45, 2.75) is 26.2 Å². The van der Waals surface area contributed by atoms with Crippen molar-refractivity contribution >= 4 is 5.91 Å². The van der Waals surface area contributed by atoms with E-state index >= 15 is 0 Å². The number of alkyl halides is 3. The number of rotatable bonds is 7. The summed E-state index contributed by atoms with van der Waals surface area (Å²) in [5, 5.41) is 0. The second-order valence-electron chi connectivity index (χ2n) is 6.09. The van der Waals surface area contributed by atoms with Crippen LogP contribution in [0.3, 0.4) is 0 Å². The Hall–Kier alpha value is -2.61. The summed E-state index contributed by atoms with van der Waals surface area (Å²) in [7, 11) is 1.49. The lowest BCUT2D eigenvalue weighted by atomic mass is 10.1. The predicted molar refractivity (Wildman–Crippen MR) is 94.2 cm³/mol. The zero-order valence-corrected chi connectivity index (χ0v) is 15.1. The Morgan fingerprint density at radius 2 is 1.89 bits per heavy atom. The fourth-order valence-electron chi connectivity index (χ4n) is 2.61. The minimum absolute atomic E-state index is 0.261. The van der Waals surface area contributed by atoms with Crippen LogP contribution in [-0.4, -0.2) is 35.6 Å². The normalized spacial score (nSPS) is 11.4. The molecule has 1 heterocycles. The molecule has 2 rings (SSSR count). The Bertz CT molecular complexity index is 847. The highest BCUT2D eigenvalue weighted by molar-refractivity contribution is 5.76. The number of hydrogen-bond acceptors (Lipinski definition) is 3. The van der Waals surface area contributed by atoms with Crippen LogP contribution >= 0.6 is 0 Å². The van der Waals surface area contributed by atoms with Crippen LogP contribution in [0.15, 0.2) is 47.4 Å². The number of amides is 1. The fraction of sp³-hybridized carbons (Fsp3) is 0.368. The van der Waals surface area contributed by atoms with Gasteiger partial charge in [0.15, 0.2) is 0 Å². The summed E-state index contributed by atoms with van der Waals surface area (Å²) in [6, 6.07) is 9.32. The van der Waals surface area contributed by atoms with Gasteiger partial charge in [-0.25, -0.2) is 0 Å². The Morgan fingerprint density at radius 1 is 1.19 bits per heavy atom. The summed E-state index contributed by atoms with van der Waals surface area (Å²) in [4.78, 5) is 26.2. The first kappa shape index (κ1) is 20.7. The quantitative estimate of drug-likeness (QED) is 0.740. The molecule has 0 fully saturated rings. The molecule has 0 radical (unpaired) electrons. The molecule has 1 aromatic carbocycles. The molecule has 146 valence electrons. The molecule has 5 nitrogen and oxygen atoms in total. The Kier molecular flexibility index (Phi) is 6.79. The Balaban J connectivity index is 2.24. The van der Waals surface area contributed by atoms with Gasteiger partial charge in [0, 0.05) is 26.4 Å². The molecule has 0 unspecified atom stereocenters. The molecule has 2 aromatic rings. The van der Waals surface area contributed by atoms with Gasteiger partial charge in [-0.2, -0.15) is 13.2 Å². The molecule has 1 aromatic heterocycles. The second-order valence-corrected chi connectivity index (χ2v) is 6.09. The molecule has 0 bridgehead atoms. The van der Waals surface area contributed by atoms with E-state index in [0.717, 1.165) is 21.8 Å². The minimum atomic E-state index is -4.76. The van der Waals surface area contributed by atoms with Gasteiger partial charge < -0.3 is 14.2 Å². The average Bonchev–Trinajstić information content (AvgIpc) is 2.60. The summed E-state index contributed by atoms with van der Waals surface area (Å²) in [5.41, 5.74) is -0.622. The van der Waals surface area contributed by atoms with Crippen molar-refractivity contribution < 1.29 is 22.7 Å². The zero-order chi connectivity index (χ0) is 20.0. The molecule has 1 amide bonds. The number of benzene rings is 1. The minimum Gasteiger partial charge on any atom is -0.383 e. The number of aryl methyl sites for hydroxylation is 1. The summed E-state index contributed by atoms with van der Waals surface area (Å²) in [6.07, 6.45) is -3.59. The van der Waals surface area contributed by atoms with Crippen LogP contribution in [0.1, 0.15) is 16.7 Å². The second kappa shape index (κ2) is 8.85. The van der Waals surface area contributed by atoms with E-state index in [1.165, 1.54) is 18.2 Å². The van der Waals surface area contributed by atoms with Crippen LogP contribution in [0, 0.1) is 6.92 Å². The fourth-order valence-corrected chi connectivity index (χ4v) is 2.61. The average molecular weight is 382 g/mol. The maximum absolute atomic E-state index is 12.9. The summed E-state index contributed by atoms with van der Waals surface area (Å²) >= 11 is 0. The topological polar surface area (TPSA) is 51.5 Å². The van der Waals surface area contributed by atoms with Gasteiger partial charge in [-0.05, 0) is 30.2 Å². The van der Waals surface area contributed by atoms with E-state index in [0.29, 0.717) is 6.07 Å². The molecule has 8 heteroatoms. The Labute approximate surface area is 155 Å². The largest absolute Gasteiger partial charge is 0.421 e. The molecule has 0 N–H and O–H groups in total. The number of carbonyl (C=O) groups excluding carboxylic acids is 1. The van der Waals surface area contributed by atoms with Crippen molar-refractivity contribution in [1.82, 2.24) is 9.47 Å². The molecule has 0 spiro atoms. The van der Waals surface area contributed by atoms with Crippen molar-refractivity contribution in [3.8, 4) is 0 Å². The molecule has 27 heavy (non-hydrogen) atoms. The van der Waals surface area contributed by atoms with Crippen LogP contribution in [0.5, 0.6) is 0 Å². The first-order chi connectivity index (χ1) is 12.7. The van der Waals surface area contributed by atoms with E-state index < -0.39 is 29.8 Å². The Morgan fingerprint density at radius 3 is 2.52 bits per heavy atom. The van der Waals surface area contributed by atoms with Gasteiger partial charge in [0.25, 0.3) is 5.56 Å². The lowest BCUT2D eigenvalue weighted by molar-refractivity contribution is -0.139. The van der Waals surface area contributed by atoms with Gasteiger partial charge in [-0.3, -0.25) is 9.59 Å². The number of aromatic nitrogens is 1. The third-order valence-corrected chi connectivity index (χ3v) is 4.17. The summed E-state index contributed by atoms with van der Waals surface area (Å²) < 4.78 is 44.5. The molecule has 0 aliphatic rings. The first-order valence-corrected chi connectivity index (χ1v) is 8.32. The third-order valence-electron chi connectivity index (χ3n) is 4.17. The van der Waals surface area contributed by atoms with Gasteiger partial charge in [0.05, 0.1) is 6.61 Å². The van der Waals surface area contributed by atoms with Crippen molar-refractivity contribution in [2.75, 3.05) is 20.3 Å². The lowest BCUT2D eigenvalue weighted by Crippen LogP contribution is -2.39. The zero-order valence-electron chi connectivity index (χ0n) is 15.1. The van der Waals surface area contributed by atoms with Gasteiger partial charge in [0.1, 0.15) is 12.1 Å². The third kappa shape index (κ3) is 5.43. The van der Waals surface area contributed by atoms with Gasteiger partial charge >= 0.3 is 6.18 Å². The lowest BCUT2D eigenvalue weighted by Gasteiger charge is -2.24. The summed E-state index contributed by atoms with van der Waals surface area (Å²) in [6.45, 7) is 2.25. The smallest absolute Gasteiger partial charge is 0.383 e. The maximum Gasteiger partial charge on any atom is 0.421 e. The van der Waals surface area contributed by atoms with Crippen molar-refractivity contribution in [3.05, 3.63) is 69.6 Å². The molecule has 0 saturated carbocycles. The number of carbonyl (C=O) groups is 1. The first-order valence-electron chi connectivity index (χ1n) is 8.32. The monoisotopic (exact) mass is 382 g/mol. The van der Waals surface area contributed by atoms with Crippen molar-refractivity contribution in [1.29, 1.82) is 0 Å². The van der Waals surface area contributed by atoms with Gasteiger partial charge in [-0.15, -0.1) is 0 Å². The van der Waals surface area contributed by atoms with E-state index in [1.807, 2.05) is 31.2 Å². The summed E-state index contributed by atoms with van der Waals surface area (Å²) in [5.74, 6) is -0.461. The predicted octanol–water partition coefficient (Wildman–Crippen LogP) is 2.85. The van der Waals surface area contributed by atoms with Gasteiger partial charge in [-0.1, -0.05) is 24.3 Å². The highest BCUT2D eigenvalue weighted by Gasteiger charge is 2.34. The van der Waals surface area contributed by atoms with E-state index in [2.05, 4.69) is 0 Å². The van der Waals surface area contributed by atoms with E-state index in [4.69, 9.17) is 4.74 Å². The van der Waals surface area contributed by atoms with Crippen LogP contribution in [0.4, 0.5) is 13.2 Å². The van der Waals surface area contributed by atoms with Crippen molar-refractivity contribution in [2.24, 2.45) is 0 Å². The standard InChI is InChI=1S/C19H21F3N2O3/c1-14-6-3-4-7-15(14)12-23(10-11-27-2)17(25)13-24-9-5-8-16(18(24)26)19(20,21)22/h3-9H,10-13H2,1-2H3. The van der Waals surface area contributed by atoms with Crippen LogP contribution < -0.4 is 5.56 Å². The van der Waals surface area contributed by atoms with Crippen LogP contribution in [-0.2, 0) is 28.8 Å². The highest BCUT2D eigenvalue weighted by atomic mass is 19.4. The van der Waals surface area contributed by atoms with E-state index in [1.54, 1.807) is 0 Å². The van der Waals surface area contributed by atoms with E-state index in [-0.39, 0.29) is 19.7 Å². The molecule has 0 aliphatic heterocycles. The number of hydrogen-bond donors (Lipinski definition) is 0. The number of methoxy groups -OCH3 is 1. The number of pyridine rings is 1. The highest BCUT2D eigenvalue weighted by Crippen LogP contribution is 2.26. The van der Waals surface area contributed by atoms with Crippen LogP contribution in [0.2, 0.25) is 0 Å². The molecule has 0 atom stereocenters. The number of nitrogens with zero attached hydrogens (tertiary/aromatic N) is 2. The van der Waals surface area contributed by atoms with E-state index in [9.17, 15) is 22.8 Å². The van der Waals surface area contributed by atoms with Crippen molar-refractivity contribution in [3.63, 3.8) is 0 Å².